The van der Waals surface area contributed by atoms with Gasteiger partial charge in [-0.2, -0.15) is 0 Å². The van der Waals surface area contributed by atoms with Crippen molar-refractivity contribution in [2.75, 3.05) is 20.2 Å². The molecule has 176 valence electrons. The Morgan fingerprint density at radius 1 is 1.15 bits per heavy atom. The summed E-state index contributed by atoms with van der Waals surface area (Å²) < 4.78 is 28.3. The molecule has 0 aliphatic carbocycles. The smallest absolute Gasteiger partial charge is 0.338 e. The summed E-state index contributed by atoms with van der Waals surface area (Å²) in [6.07, 6.45) is 0. The Morgan fingerprint density at radius 2 is 1.79 bits per heavy atom. The first kappa shape index (κ1) is 24.4. The van der Waals surface area contributed by atoms with E-state index in [9.17, 15) is 18.0 Å². The van der Waals surface area contributed by atoms with Crippen LogP contribution in [-0.2, 0) is 19.6 Å². The number of rotatable bonds is 8. The van der Waals surface area contributed by atoms with Gasteiger partial charge in [0.15, 0.2) is 0 Å². The lowest BCUT2D eigenvalue weighted by molar-refractivity contribution is -0.139. The fourth-order valence-corrected chi connectivity index (χ4v) is 4.18. The van der Waals surface area contributed by atoms with Crippen molar-refractivity contribution < 1.29 is 22.7 Å². The fourth-order valence-electron chi connectivity index (χ4n) is 3.66. The van der Waals surface area contributed by atoms with Gasteiger partial charge in [-0.3, -0.25) is 4.90 Å². The van der Waals surface area contributed by atoms with Gasteiger partial charge in [-0.05, 0) is 44.2 Å². The Hall–Kier alpha value is -3.21. The van der Waals surface area contributed by atoms with Crippen LogP contribution in [0.2, 0.25) is 0 Å². The summed E-state index contributed by atoms with van der Waals surface area (Å²) in [6.45, 7) is 4.12. The molecular weight excluding hydrogens is 444 g/mol. The first-order chi connectivity index (χ1) is 15.6. The summed E-state index contributed by atoms with van der Waals surface area (Å²) in [4.78, 5) is 27.3. The second kappa shape index (κ2) is 10.2. The highest BCUT2D eigenvalue weighted by Gasteiger charge is 2.34. The second-order valence-corrected chi connectivity index (χ2v) is 9.32. The molecule has 2 aromatic carbocycles. The number of hydrogen-bond donors (Lipinski definition) is 3. The van der Waals surface area contributed by atoms with E-state index in [1.165, 1.54) is 12.1 Å². The van der Waals surface area contributed by atoms with Crippen molar-refractivity contribution >= 4 is 22.0 Å². The van der Waals surface area contributed by atoms with Crippen LogP contribution in [0.3, 0.4) is 0 Å². The predicted molar refractivity (Wildman–Crippen MR) is 123 cm³/mol. The lowest BCUT2D eigenvalue weighted by Gasteiger charge is -2.33. The molecule has 1 heterocycles. The van der Waals surface area contributed by atoms with Crippen LogP contribution < -0.4 is 15.8 Å². The monoisotopic (exact) mass is 472 g/mol. The van der Waals surface area contributed by atoms with Crippen molar-refractivity contribution in [2.24, 2.45) is 5.14 Å². The molecule has 9 nitrogen and oxygen atoms in total. The number of likely N-dealkylation sites (N-methyl/N-ethyl adjacent to an activating group) is 1. The van der Waals surface area contributed by atoms with Gasteiger partial charge in [-0.25, -0.2) is 23.1 Å². The highest BCUT2D eigenvalue weighted by Crippen LogP contribution is 2.29. The average molecular weight is 473 g/mol. The summed E-state index contributed by atoms with van der Waals surface area (Å²) in [5.41, 5.74) is 2.40. The fraction of sp³-hybridized carbons (Fsp3) is 0.304. The second-order valence-electron chi connectivity index (χ2n) is 7.76. The molecular formula is C23H28N4O5S. The zero-order valence-electron chi connectivity index (χ0n) is 18.7. The van der Waals surface area contributed by atoms with E-state index >= 15 is 0 Å². The van der Waals surface area contributed by atoms with Gasteiger partial charge in [0.2, 0.25) is 10.0 Å². The number of urea groups is 1. The maximum absolute atomic E-state index is 12.9. The summed E-state index contributed by atoms with van der Waals surface area (Å²) in [5.74, 6) is -0.507. The van der Waals surface area contributed by atoms with Crippen LogP contribution in [0.5, 0.6) is 0 Å². The number of carbonyl (C=O) groups excluding carboxylic acids is 2. The molecule has 0 spiro atoms. The molecule has 2 aromatic rings. The average Bonchev–Trinajstić information content (AvgIpc) is 2.78. The number of amides is 2. The number of primary sulfonamides is 1. The normalized spacial score (nSPS) is 17.4. The third kappa shape index (κ3) is 5.78. The van der Waals surface area contributed by atoms with Gasteiger partial charge in [-0.1, -0.05) is 42.5 Å². The lowest BCUT2D eigenvalue weighted by Crippen LogP contribution is -2.48. The molecule has 4 N–H and O–H groups in total. The number of nitrogens with zero attached hydrogens (tertiary/aromatic N) is 1. The Labute approximate surface area is 193 Å². The molecule has 0 aromatic heterocycles. The number of nitrogens with two attached hydrogens (primary N) is 1. The van der Waals surface area contributed by atoms with Crippen LogP contribution in [0.15, 0.2) is 70.8 Å². The molecule has 33 heavy (non-hydrogen) atoms. The largest absolute Gasteiger partial charge is 0.463 e. The zero-order valence-corrected chi connectivity index (χ0v) is 19.6. The van der Waals surface area contributed by atoms with Crippen LogP contribution in [-0.4, -0.2) is 45.5 Å². The van der Waals surface area contributed by atoms with Crippen LogP contribution in [0.4, 0.5) is 4.79 Å². The Kier molecular flexibility index (Phi) is 7.52. The maximum atomic E-state index is 12.9. The summed E-state index contributed by atoms with van der Waals surface area (Å²) >= 11 is 0. The van der Waals surface area contributed by atoms with Gasteiger partial charge in [0.05, 0.1) is 23.1 Å². The third-order valence-corrected chi connectivity index (χ3v) is 6.47. The number of ether oxygens (including phenoxy) is 1. The van der Waals surface area contributed by atoms with Gasteiger partial charge in [0.25, 0.3) is 0 Å². The Morgan fingerprint density at radius 3 is 2.36 bits per heavy atom. The predicted octanol–water partition coefficient (Wildman–Crippen LogP) is 2.20. The van der Waals surface area contributed by atoms with Gasteiger partial charge in [0.1, 0.15) is 0 Å². The molecule has 0 fully saturated rings. The lowest BCUT2D eigenvalue weighted by atomic mass is 9.94. The number of carbonyl (C=O) groups is 2. The van der Waals surface area contributed by atoms with E-state index in [1.54, 1.807) is 19.1 Å². The summed E-state index contributed by atoms with van der Waals surface area (Å²) in [7, 11) is -1.93. The minimum absolute atomic E-state index is 0.0322. The van der Waals surface area contributed by atoms with Crippen molar-refractivity contribution in [2.45, 2.75) is 30.8 Å². The molecule has 0 radical (unpaired) electrons. The number of nitrogens with one attached hydrogen (secondary N) is 2. The van der Waals surface area contributed by atoms with Gasteiger partial charge < -0.3 is 15.4 Å². The molecule has 10 heteroatoms. The number of sulfonamides is 1. The van der Waals surface area contributed by atoms with Crippen molar-refractivity contribution in [3.8, 4) is 0 Å². The minimum Gasteiger partial charge on any atom is -0.463 e. The standard InChI is InChI=1S/C23H28N4O5S/c1-4-32-22(28)20-19(25-23(29)26-21(20)17-8-6-5-7-9-17)14-27(3)15(2)16-10-12-18(13-11-16)33(24,30)31/h5-13,15,21H,4,14H2,1-3H3,(H2,24,30,31)(H2,25,26,29). The quantitative estimate of drug-likeness (QED) is 0.505. The molecule has 2 unspecified atom stereocenters. The van der Waals surface area contributed by atoms with Crippen molar-refractivity contribution in [1.29, 1.82) is 0 Å². The van der Waals surface area contributed by atoms with Crippen LogP contribution in [0.1, 0.15) is 37.1 Å². The summed E-state index contributed by atoms with van der Waals surface area (Å²) in [6, 6.07) is 14.3. The Balaban J connectivity index is 1.93. The van der Waals surface area contributed by atoms with Crippen LogP contribution in [0, 0.1) is 0 Å². The van der Waals surface area contributed by atoms with Gasteiger partial charge >= 0.3 is 12.0 Å². The van der Waals surface area contributed by atoms with Crippen molar-refractivity contribution in [1.82, 2.24) is 15.5 Å². The third-order valence-electron chi connectivity index (χ3n) is 5.54. The van der Waals surface area contributed by atoms with Crippen LogP contribution in [0.25, 0.3) is 0 Å². The van der Waals surface area contributed by atoms with Gasteiger partial charge in [-0.15, -0.1) is 0 Å². The van der Waals surface area contributed by atoms with E-state index in [4.69, 9.17) is 9.88 Å². The molecule has 0 bridgehead atoms. The molecule has 1 aliphatic rings. The number of benzene rings is 2. The van der Waals surface area contributed by atoms with Gasteiger partial charge in [0, 0.05) is 18.3 Å². The van der Waals surface area contributed by atoms with Crippen molar-refractivity contribution in [3.63, 3.8) is 0 Å². The van der Waals surface area contributed by atoms with E-state index in [0.717, 1.165) is 11.1 Å². The molecule has 1 aliphatic heterocycles. The molecule has 0 saturated heterocycles. The minimum atomic E-state index is -3.78. The maximum Gasteiger partial charge on any atom is 0.338 e. The van der Waals surface area contributed by atoms with E-state index in [2.05, 4.69) is 10.6 Å². The zero-order chi connectivity index (χ0) is 24.2. The van der Waals surface area contributed by atoms with Crippen molar-refractivity contribution in [3.05, 3.63) is 77.0 Å². The Bertz CT molecular complexity index is 1150. The highest BCUT2D eigenvalue weighted by atomic mass is 32.2. The number of esters is 1. The van der Waals surface area contributed by atoms with E-state index in [-0.39, 0.29) is 24.1 Å². The molecule has 0 saturated carbocycles. The molecule has 3 rings (SSSR count). The van der Waals surface area contributed by atoms with E-state index < -0.39 is 28.1 Å². The topological polar surface area (TPSA) is 131 Å². The highest BCUT2D eigenvalue weighted by molar-refractivity contribution is 7.89. The van der Waals surface area contributed by atoms with E-state index in [1.807, 2.05) is 49.2 Å². The summed E-state index contributed by atoms with van der Waals surface area (Å²) in [5, 5.41) is 10.7. The molecule has 2 amide bonds. The first-order valence-electron chi connectivity index (χ1n) is 10.5. The van der Waals surface area contributed by atoms with Crippen LogP contribution >= 0.6 is 0 Å². The first-order valence-corrected chi connectivity index (χ1v) is 12.0. The number of hydrogen-bond acceptors (Lipinski definition) is 6. The SMILES string of the molecule is CCOC(=O)C1=C(CN(C)C(C)c2ccc(S(N)(=O)=O)cc2)NC(=O)NC1c1ccccc1. The van der Waals surface area contributed by atoms with E-state index in [0.29, 0.717) is 11.3 Å². The molecule has 2 atom stereocenters.